The monoisotopic (exact) mass is 377 g/mol. The van der Waals surface area contributed by atoms with E-state index in [2.05, 4.69) is 5.32 Å². The molecule has 0 bridgehead atoms. The Morgan fingerprint density at radius 1 is 1.16 bits per heavy atom. The quantitative estimate of drug-likeness (QED) is 0.746. The molecule has 1 N–H and O–H groups in total. The Kier molecular flexibility index (Phi) is 4.58. The Morgan fingerprint density at radius 3 is 2.56 bits per heavy atom. The van der Waals surface area contributed by atoms with Crippen LogP contribution in [0, 0.1) is 0 Å². The first-order chi connectivity index (χ1) is 11.8. The van der Waals surface area contributed by atoms with Crippen LogP contribution in [-0.4, -0.2) is 20.6 Å². The first-order valence-corrected chi connectivity index (χ1v) is 9.81. The van der Waals surface area contributed by atoms with E-state index in [4.69, 9.17) is 16.0 Å². The third-order valence-electron chi connectivity index (χ3n) is 3.81. The lowest BCUT2D eigenvalue weighted by atomic mass is 10.1. The summed E-state index contributed by atoms with van der Waals surface area (Å²) in [5.74, 6) is 0.210. The van der Waals surface area contributed by atoms with Crippen LogP contribution in [0.3, 0.4) is 0 Å². The summed E-state index contributed by atoms with van der Waals surface area (Å²) in [6.07, 6.45) is 1.05. The highest BCUT2D eigenvalue weighted by atomic mass is 35.5. The summed E-state index contributed by atoms with van der Waals surface area (Å²) in [6.45, 7) is 1.79. The highest BCUT2D eigenvalue weighted by Crippen LogP contribution is 2.25. The van der Waals surface area contributed by atoms with Crippen LogP contribution in [0.2, 0.25) is 5.02 Å². The first-order valence-electron chi connectivity index (χ1n) is 7.54. The van der Waals surface area contributed by atoms with Gasteiger partial charge in [-0.3, -0.25) is 4.79 Å². The number of carbonyl (C=O) groups is 1. The predicted octanol–water partition coefficient (Wildman–Crippen LogP) is 3.98. The molecule has 3 rings (SSSR count). The number of para-hydroxylation sites is 1. The number of rotatable bonds is 4. The fraction of sp³-hybridized carbons (Fsp3) is 0.167. The van der Waals surface area contributed by atoms with Crippen molar-refractivity contribution >= 4 is 38.3 Å². The molecule has 1 heterocycles. The number of hydrogen-bond donors (Lipinski definition) is 1. The number of fused-ring (bicyclic) bond motifs is 1. The molecule has 5 nitrogen and oxygen atoms in total. The van der Waals surface area contributed by atoms with Gasteiger partial charge in [0.2, 0.25) is 0 Å². The molecule has 0 saturated heterocycles. The smallest absolute Gasteiger partial charge is 0.251 e. The second-order valence-electron chi connectivity index (χ2n) is 5.80. The van der Waals surface area contributed by atoms with Crippen molar-refractivity contribution in [3.05, 3.63) is 64.9 Å². The maximum absolute atomic E-state index is 12.4. The van der Waals surface area contributed by atoms with E-state index < -0.39 is 15.7 Å². The summed E-state index contributed by atoms with van der Waals surface area (Å²) < 4.78 is 29.2. The molecule has 1 amide bonds. The number of hydrogen-bond acceptors (Lipinski definition) is 4. The Balaban J connectivity index is 1.84. The molecule has 1 unspecified atom stereocenters. The van der Waals surface area contributed by atoms with Gasteiger partial charge in [-0.05, 0) is 37.3 Å². The lowest BCUT2D eigenvalue weighted by Gasteiger charge is -2.12. The van der Waals surface area contributed by atoms with Crippen LogP contribution in [0.5, 0.6) is 0 Å². The molecule has 130 valence electrons. The van der Waals surface area contributed by atoms with E-state index >= 15 is 0 Å². The van der Waals surface area contributed by atoms with E-state index in [9.17, 15) is 13.2 Å². The molecule has 0 spiro atoms. The number of nitrogens with one attached hydrogen (secondary N) is 1. The normalized spacial score (nSPS) is 12.9. The van der Waals surface area contributed by atoms with Gasteiger partial charge in [0.25, 0.3) is 5.91 Å². The molecule has 0 radical (unpaired) electrons. The Morgan fingerprint density at radius 2 is 1.88 bits per heavy atom. The van der Waals surface area contributed by atoms with E-state index in [1.54, 1.807) is 6.92 Å². The lowest BCUT2D eigenvalue weighted by molar-refractivity contribution is 0.0935. The minimum absolute atomic E-state index is 0.0711. The molecule has 3 aromatic rings. The molecular formula is C18H16ClNO4S. The second kappa shape index (κ2) is 6.54. The average molecular weight is 378 g/mol. The summed E-state index contributed by atoms with van der Waals surface area (Å²) in [7, 11) is -3.52. The van der Waals surface area contributed by atoms with E-state index in [1.807, 2.05) is 30.3 Å². The molecule has 0 aliphatic rings. The number of halogens is 1. The van der Waals surface area contributed by atoms with Crippen molar-refractivity contribution in [2.45, 2.75) is 17.9 Å². The minimum Gasteiger partial charge on any atom is -0.459 e. The van der Waals surface area contributed by atoms with Crippen LogP contribution in [0.15, 0.2) is 57.8 Å². The highest BCUT2D eigenvalue weighted by molar-refractivity contribution is 7.90. The topological polar surface area (TPSA) is 76.4 Å². The van der Waals surface area contributed by atoms with Crippen molar-refractivity contribution in [3.63, 3.8) is 0 Å². The lowest BCUT2D eigenvalue weighted by Crippen LogP contribution is -2.26. The fourth-order valence-corrected chi connectivity index (χ4v) is 3.80. The number of amides is 1. The standard InChI is InChI=1S/C18H16ClNO4S/c1-11(16-9-12-5-3-4-6-15(12)24-16)20-18(21)13-7-8-14(19)17(10-13)25(2,22)23/h3-11H,1-2H3,(H,20,21). The van der Waals surface area contributed by atoms with Gasteiger partial charge in [-0.15, -0.1) is 0 Å². The molecular weight excluding hydrogens is 362 g/mol. The molecule has 25 heavy (non-hydrogen) atoms. The van der Waals surface area contributed by atoms with Crippen LogP contribution in [-0.2, 0) is 9.84 Å². The third-order valence-corrected chi connectivity index (χ3v) is 5.39. The van der Waals surface area contributed by atoms with Crippen molar-refractivity contribution in [2.75, 3.05) is 6.26 Å². The Labute approximate surface area is 150 Å². The minimum atomic E-state index is -3.52. The SMILES string of the molecule is CC(NC(=O)c1ccc(Cl)c(S(C)(=O)=O)c1)c1cc2ccccc2o1. The van der Waals surface area contributed by atoms with Gasteiger partial charge >= 0.3 is 0 Å². The summed E-state index contributed by atoms with van der Waals surface area (Å²) in [4.78, 5) is 12.4. The van der Waals surface area contributed by atoms with Crippen molar-refractivity contribution in [3.8, 4) is 0 Å². The zero-order valence-electron chi connectivity index (χ0n) is 13.6. The van der Waals surface area contributed by atoms with Crippen LogP contribution < -0.4 is 5.32 Å². The summed E-state index contributed by atoms with van der Waals surface area (Å²) >= 11 is 5.91. The fourth-order valence-electron chi connectivity index (χ4n) is 2.50. The maximum atomic E-state index is 12.4. The molecule has 0 fully saturated rings. The van der Waals surface area contributed by atoms with Crippen molar-refractivity contribution in [1.82, 2.24) is 5.32 Å². The molecule has 2 aromatic carbocycles. The number of carbonyl (C=O) groups excluding carboxylic acids is 1. The van der Waals surface area contributed by atoms with Gasteiger partial charge in [-0.1, -0.05) is 29.8 Å². The summed E-state index contributed by atoms with van der Waals surface area (Å²) in [5.41, 5.74) is 0.956. The zero-order chi connectivity index (χ0) is 18.2. The highest BCUT2D eigenvalue weighted by Gasteiger charge is 2.19. The van der Waals surface area contributed by atoms with Gasteiger partial charge < -0.3 is 9.73 Å². The van der Waals surface area contributed by atoms with Crippen molar-refractivity contribution < 1.29 is 17.6 Å². The van der Waals surface area contributed by atoms with Crippen LogP contribution in [0.4, 0.5) is 0 Å². The van der Waals surface area contributed by atoms with E-state index in [-0.39, 0.29) is 21.5 Å². The van der Waals surface area contributed by atoms with E-state index in [0.717, 1.165) is 17.2 Å². The largest absolute Gasteiger partial charge is 0.459 e. The van der Waals surface area contributed by atoms with Gasteiger partial charge in [0.15, 0.2) is 9.84 Å². The van der Waals surface area contributed by atoms with Crippen LogP contribution >= 0.6 is 11.6 Å². The Hall–Kier alpha value is -2.31. The molecule has 1 atom stereocenters. The van der Waals surface area contributed by atoms with Crippen LogP contribution in [0.25, 0.3) is 11.0 Å². The van der Waals surface area contributed by atoms with Crippen LogP contribution in [0.1, 0.15) is 29.1 Å². The number of sulfone groups is 1. The molecule has 0 aliphatic heterocycles. The van der Waals surface area contributed by atoms with Gasteiger partial charge in [0, 0.05) is 17.2 Å². The van der Waals surface area contributed by atoms with E-state index in [0.29, 0.717) is 5.76 Å². The average Bonchev–Trinajstić information content (AvgIpc) is 2.98. The summed E-state index contributed by atoms with van der Waals surface area (Å²) in [6, 6.07) is 13.2. The molecule has 1 aromatic heterocycles. The predicted molar refractivity (Wildman–Crippen MR) is 96.7 cm³/mol. The van der Waals surface area contributed by atoms with Crippen molar-refractivity contribution in [1.29, 1.82) is 0 Å². The second-order valence-corrected chi connectivity index (χ2v) is 8.19. The number of furan rings is 1. The maximum Gasteiger partial charge on any atom is 0.251 e. The zero-order valence-corrected chi connectivity index (χ0v) is 15.2. The third kappa shape index (κ3) is 3.70. The van der Waals surface area contributed by atoms with E-state index in [1.165, 1.54) is 18.2 Å². The molecule has 0 aliphatic carbocycles. The van der Waals surface area contributed by atoms with Gasteiger partial charge in [0.05, 0.1) is 16.0 Å². The number of benzene rings is 2. The molecule has 0 saturated carbocycles. The summed E-state index contributed by atoms with van der Waals surface area (Å²) in [5, 5.41) is 3.84. The first kappa shape index (κ1) is 17.5. The van der Waals surface area contributed by atoms with Crippen molar-refractivity contribution in [2.24, 2.45) is 0 Å². The van der Waals surface area contributed by atoms with Gasteiger partial charge in [-0.25, -0.2) is 8.42 Å². The Bertz CT molecular complexity index is 1020. The van der Waals surface area contributed by atoms with Gasteiger partial charge in [0.1, 0.15) is 11.3 Å². The molecule has 7 heteroatoms. The van der Waals surface area contributed by atoms with Gasteiger partial charge in [-0.2, -0.15) is 0 Å².